The molecule has 2 aromatic rings. The van der Waals surface area contributed by atoms with Gasteiger partial charge in [-0.1, -0.05) is 41.5 Å². The van der Waals surface area contributed by atoms with E-state index < -0.39 is 17.7 Å². The molecule has 33 heavy (non-hydrogen) atoms. The van der Waals surface area contributed by atoms with Gasteiger partial charge in [-0.3, -0.25) is 4.79 Å². The summed E-state index contributed by atoms with van der Waals surface area (Å²) < 4.78 is 25.4. The van der Waals surface area contributed by atoms with Crippen LogP contribution in [-0.2, 0) is 20.9 Å². The fraction of sp³-hybridized carbons (Fsp3) is 0.391. The Labute approximate surface area is 190 Å². The number of ether oxygens (including phenoxy) is 2. The molecule has 2 fully saturated rings. The average molecular weight is 453 g/mol. The van der Waals surface area contributed by atoms with Gasteiger partial charge in [0.05, 0.1) is 18.2 Å². The molecule has 10 heteroatoms. The van der Waals surface area contributed by atoms with Gasteiger partial charge in [0.1, 0.15) is 12.4 Å². The maximum absolute atomic E-state index is 15.0. The van der Waals surface area contributed by atoms with Gasteiger partial charge in [0.15, 0.2) is 0 Å². The average Bonchev–Trinajstić information content (AvgIpc) is 3.22. The molecule has 0 aromatic heterocycles. The van der Waals surface area contributed by atoms with Crippen molar-refractivity contribution in [3.05, 3.63) is 75.9 Å². The molecule has 2 aromatic carbocycles. The molecule has 2 atom stereocenters. The summed E-state index contributed by atoms with van der Waals surface area (Å²) in [6.07, 6.45) is -0.389. The third kappa shape index (κ3) is 5.18. The zero-order valence-electron chi connectivity index (χ0n) is 18.0. The van der Waals surface area contributed by atoms with Gasteiger partial charge in [0, 0.05) is 43.6 Å². The second-order valence-corrected chi connectivity index (χ2v) is 8.01. The van der Waals surface area contributed by atoms with Gasteiger partial charge >= 0.3 is 12.1 Å². The van der Waals surface area contributed by atoms with Crippen LogP contribution in [0.25, 0.3) is 10.4 Å². The Bertz CT molecular complexity index is 1050. The van der Waals surface area contributed by atoms with Crippen LogP contribution in [0.5, 0.6) is 0 Å². The van der Waals surface area contributed by atoms with Crippen molar-refractivity contribution >= 4 is 17.7 Å². The normalized spacial score (nSPS) is 20.2. The highest BCUT2D eigenvalue weighted by molar-refractivity contribution is 5.80. The van der Waals surface area contributed by atoms with Crippen molar-refractivity contribution in [1.29, 1.82) is 0 Å². The van der Waals surface area contributed by atoms with E-state index in [0.717, 1.165) is 5.56 Å². The number of piperazine rings is 1. The van der Waals surface area contributed by atoms with Crippen molar-refractivity contribution in [1.82, 2.24) is 4.90 Å². The third-order valence-corrected chi connectivity index (χ3v) is 5.96. The van der Waals surface area contributed by atoms with Crippen LogP contribution in [0.3, 0.4) is 0 Å². The van der Waals surface area contributed by atoms with Crippen LogP contribution < -0.4 is 4.90 Å². The molecule has 9 nitrogen and oxygen atoms in total. The van der Waals surface area contributed by atoms with Crippen molar-refractivity contribution in [2.24, 2.45) is 11.0 Å². The topological polar surface area (TPSA) is 108 Å². The second kappa shape index (κ2) is 10.2. The molecule has 2 aliphatic rings. The monoisotopic (exact) mass is 453 g/mol. The number of esters is 1. The zero-order chi connectivity index (χ0) is 23.2. The van der Waals surface area contributed by atoms with Gasteiger partial charge in [-0.05, 0) is 28.8 Å². The van der Waals surface area contributed by atoms with E-state index in [0.29, 0.717) is 37.4 Å². The van der Waals surface area contributed by atoms with Gasteiger partial charge in [-0.2, -0.15) is 0 Å². The number of anilines is 1. The summed E-state index contributed by atoms with van der Waals surface area (Å²) in [6.45, 7) is 2.21. The second-order valence-electron chi connectivity index (χ2n) is 8.01. The molecule has 4 rings (SSSR count). The van der Waals surface area contributed by atoms with Crippen molar-refractivity contribution in [3.8, 4) is 0 Å². The standard InChI is InChI=1S/C23H24FN5O4/c24-19-12-17(21-18(13-26-27-25)15-32-22(21)30)6-7-20(19)28-8-10-29(11-9-28)23(31)33-14-16-4-2-1-3-5-16/h1-7,12,18,21H,8-11,13-15H2. The molecule has 2 aliphatic heterocycles. The van der Waals surface area contributed by atoms with Crippen molar-refractivity contribution in [2.45, 2.75) is 12.5 Å². The van der Waals surface area contributed by atoms with Crippen LogP contribution in [0.4, 0.5) is 14.9 Å². The van der Waals surface area contributed by atoms with Gasteiger partial charge in [-0.25, -0.2) is 9.18 Å². The first-order valence-electron chi connectivity index (χ1n) is 10.7. The van der Waals surface area contributed by atoms with Crippen molar-refractivity contribution in [3.63, 3.8) is 0 Å². The van der Waals surface area contributed by atoms with E-state index in [4.69, 9.17) is 15.0 Å². The number of carbonyl (C=O) groups is 2. The first-order chi connectivity index (χ1) is 16.1. The quantitative estimate of drug-likeness (QED) is 0.286. The minimum Gasteiger partial charge on any atom is -0.465 e. The summed E-state index contributed by atoms with van der Waals surface area (Å²) in [5.74, 6) is -1.86. The van der Waals surface area contributed by atoms with Gasteiger partial charge < -0.3 is 19.3 Å². The Hall–Kier alpha value is -3.78. The molecule has 0 aliphatic carbocycles. The molecule has 2 heterocycles. The lowest BCUT2D eigenvalue weighted by Crippen LogP contribution is -2.49. The summed E-state index contributed by atoms with van der Waals surface area (Å²) in [7, 11) is 0. The van der Waals surface area contributed by atoms with E-state index in [1.807, 2.05) is 35.2 Å². The van der Waals surface area contributed by atoms with E-state index in [9.17, 15) is 14.0 Å². The Morgan fingerprint density at radius 1 is 1.18 bits per heavy atom. The summed E-state index contributed by atoms with van der Waals surface area (Å²) in [5, 5.41) is 3.53. The largest absolute Gasteiger partial charge is 0.465 e. The predicted molar refractivity (Wildman–Crippen MR) is 118 cm³/mol. The predicted octanol–water partition coefficient (Wildman–Crippen LogP) is 3.85. The smallest absolute Gasteiger partial charge is 0.410 e. The lowest BCUT2D eigenvalue weighted by Gasteiger charge is -2.35. The number of hydrogen-bond donors (Lipinski definition) is 0. The molecule has 2 unspecified atom stereocenters. The van der Waals surface area contributed by atoms with E-state index in [-0.39, 0.29) is 31.8 Å². The van der Waals surface area contributed by atoms with Gasteiger partial charge in [-0.15, -0.1) is 0 Å². The highest BCUT2D eigenvalue weighted by atomic mass is 19.1. The number of azide groups is 1. The van der Waals surface area contributed by atoms with E-state index >= 15 is 0 Å². The summed E-state index contributed by atoms with van der Waals surface area (Å²) in [6, 6.07) is 14.1. The lowest BCUT2D eigenvalue weighted by molar-refractivity contribution is -0.139. The first-order valence-corrected chi connectivity index (χ1v) is 10.7. The summed E-state index contributed by atoms with van der Waals surface area (Å²) in [5.41, 5.74) is 10.4. The Morgan fingerprint density at radius 3 is 2.64 bits per heavy atom. The molecule has 0 radical (unpaired) electrons. The minimum atomic E-state index is -0.657. The summed E-state index contributed by atoms with van der Waals surface area (Å²) >= 11 is 0. The number of carbonyl (C=O) groups excluding carboxylic acids is 2. The highest BCUT2D eigenvalue weighted by Crippen LogP contribution is 2.34. The molecule has 2 saturated heterocycles. The molecule has 172 valence electrons. The van der Waals surface area contributed by atoms with Gasteiger partial charge in [0.25, 0.3) is 0 Å². The fourth-order valence-corrected chi connectivity index (χ4v) is 4.19. The number of hydrogen-bond acceptors (Lipinski definition) is 6. The lowest BCUT2D eigenvalue weighted by atomic mass is 9.88. The Balaban J connectivity index is 1.35. The fourth-order valence-electron chi connectivity index (χ4n) is 4.19. The number of amides is 1. The maximum atomic E-state index is 15.0. The maximum Gasteiger partial charge on any atom is 0.410 e. The molecule has 0 spiro atoms. The molecular weight excluding hydrogens is 429 g/mol. The number of rotatable bonds is 6. The molecule has 0 N–H and O–H groups in total. The van der Waals surface area contributed by atoms with Crippen LogP contribution in [0.2, 0.25) is 0 Å². The Kier molecular flexibility index (Phi) is 6.95. The van der Waals surface area contributed by atoms with Crippen LogP contribution in [-0.4, -0.2) is 56.3 Å². The number of halogens is 1. The highest BCUT2D eigenvalue weighted by Gasteiger charge is 2.38. The number of cyclic esters (lactones) is 1. The molecule has 1 amide bonds. The van der Waals surface area contributed by atoms with Gasteiger partial charge in [0.2, 0.25) is 0 Å². The SMILES string of the molecule is [N-]=[N+]=NCC1COC(=O)C1c1ccc(N2CCN(C(=O)OCc3ccccc3)CC2)c(F)c1. The minimum absolute atomic E-state index is 0.110. The molecule has 0 saturated carbocycles. The van der Waals surface area contributed by atoms with Crippen LogP contribution in [0, 0.1) is 11.7 Å². The summed E-state index contributed by atoms with van der Waals surface area (Å²) in [4.78, 5) is 30.7. The van der Waals surface area contributed by atoms with Crippen molar-refractivity contribution in [2.75, 3.05) is 44.2 Å². The Morgan fingerprint density at radius 2 is 1.94 bits per heavy atom. The van der Waals surface area contributed by atoms with Crippen molar-refractivity contribution < 1.29 is 23.5 Å². The van der Waals surface area contributed by atoms with E-state index in [2.05, 4.69) is 10.0 Å². The third-order valence-electron chi connectivity index (χ3n) is 5.96. The van der Waals surface area contributed by atoms with Crippen LogP contribution >= 0.6 is 0 Å². The van der Waals surface area contributed by atoms with Crippen LogP contribution in [0.15, 0.2) is 53.6 Å². The van der Waals surface area contributed by atoms with E-state index in [1.165, 1.54) is 6.07 Å². The molecule has 0 bridgehead atoms. The first kappa shape index (κ1) is 22.4. The number of benzene rings is 2. The zero-order valence-corrected chi connectivity index (χ0v) is 18.0. The number of nitrogens with zero attached hydrogens (tertiary/aromatic N) is 5. The molecular formula is C23H24FN5O4. The van der Waals surface area contributed by atoms with Crippen LogP contribution in [0.1, 0.15) is 17.0 Å². The van der Waals surface area contributed by atoms with E-state index in [1.54, 1.807) is 17.0 Å².